The van der Waals surface area contributed by atoms with Gasteiger partial charge in [-0.1, -0.05) is 45.4 Å². The first-order valence-electron chi connectivity index (χ1n) is 9.50. The summed E-state index contributed by atoms with van der Waals surface area (Å²) in [6.45, 7) is 11.2. The second-order valence-electron chi connectivity index (χ2n) is 8.01. The maximum absolute atomic E-state index is 12.8. The van der Waals surface area contributed by atoms with Crippen LogP contribution >= 0.6 is 0 Å². The third-order valence-electron chi connectivity index (χ3n) is 5.23. The van der Waals surface area contributed by atoms with Gasteiger partial charge in [0.1, 0.15) is 0 Å². The number of carbonyl (C=O) groups is 1. The molecule has 2 rings (SSSR count). The highest BCUT2D eigenvalue weighted by atomic mass is 32.2. The lowest BCUT2D eigenvalue weighted by molar-refractivity contribution is -0.127. The van der Waals surface area contributed by atoms with Gasteiger partial charge in [-0.3, -0.25) is 4.79 Å². The maximum Gasteiger partial charge on any atom is 0.243 e. The van der Waals surface area contributed by atoms with Crippen LogP contribution in [0, 0.1) is 24.7 Å². The summed E-state index contributed by atoms with van der Waals surface area (Å²) in [7, 11) is -3.48. The molecule has 0 unspecified atom stereocenters. The summed E-state index contributed by atoms with van der Waals surface area (Å²) in [5.74, 6) is 0.700. The van der Waals surface area contributed by atoms with Gasteiger partial charge >= 0.3 is 0 Å². The molecule has 1 N–H and O–H groups in total. The van der Waals surface area contributed by atoms with E-state index in [0.29, 0.717) is 42.7 Å². The lowest BCUT2D eigenvalue weighted by atomic mass is 9.91. The Bertz CT molecular complexity index is 695. The number of nitrogens with one attached hydrogen (secondary N) is 1. The normalized spacial score (nSPS) is 17.2. The van der Waals surface area contributed by atoms with Crippen molar-refractivity contribution in [3.63, 3.8) is 0 Å². The smallest absolute Gasteiger partial charge is 0.243 e. The molecule has 6 heteroatoms. The van der Waals surface area contributed by atoms with Crippen LogP contribution in [0.3, 0.4) is 0 Å². The zero-order valence-electron chi connectivity index (χ0n) is 16.5. The number of hydrogen-bond acceptors (Lipinski definition) is 3. The highest BCUT2D eigenvalue weighted by Gasteiger charge is 2.33. The SMILES string of the molecule is Cc1ccc(S(=O)(=O)N2CCC(C(=O)NC(C(C)C)C(C)C)CC2)cc1. The van der Waals surface area contributed by atoms with E-state index < -0.39 is 10.0 Å². The van der Waals surface area contributed by atoms with E-state index in [1.165, 1.54) is 4.31 Å². The van der Waals surface area contributed by atoms with Crippen molar-refractivity contribution in [3.8, 4) is 0 Å². The Morgan fingerprint density at radius 3 is 2.00 bits per heavy atom. The zero-order chi connectivity index (χ0) is 19.5. The van der Waals surface area contributed by atoms with Gasteiger partial charge in [-0.05, 0) is 43.7 Å². The van der Waals surface area contributed by atoms with Crippen molar-refractivity contribution >= 4 is 15.9 Å². The molecular formula is C20H32N2O3S. The number of amides is 1. The first kappa shape index (κ1) is 20.9. The Morgan fingerprint density at radius 1 is 1.04 bits per heavy atom. The predicted molar refractivity (Wildman–Crippen MR) is 104 cm³/mol. The van der Waals surface area contributed by atoms with E-state index in [9.17, 15) is 13.2 Å². The minimum Gasteiger partial charge on any atom is -0.353 e. The number of piperidine rings is 1. The molecule has 0 spiro atoms. The lowest BCUT2D eigenvalue weighted by Crippen LogP contribution is -2.48. The van der Waals surface area contributed by atoms with Crippen LogP contribution in [0.5, 0.6) is 0 Å². The van der Waals surface area contributed by atoms with Crippen molar-refractivity contribution in [1.29, 1.82) is 0 Å². The molecule has 1 saturated heterocycles. The standard InChI is InChI=1S/C20H32N2O3S/c1-14(2)19(15(3)4)21-20(23)17-10-12-22(13-11-17)26(24,25)18-8-6-16(5)7-9-18/h6-9,14-15,17,19H,10-13H2,1-5H3,(H,21,23). The van der Waals surface area contributed by atoms with Crippen molar-refractivity contribution in [2.75, 3.05) is 13.1 Å². The molecule has 5 nitrogen and oxygen atoms in total. The third kappa shape index (κ3) is 4.86. The number of nitrogens with zero attached hydrogens (tertiary/aromatic N) is 1. The van der Waals surface area contributed by atoms with Gasteiger partial charge in [0.15, 0.2) is 0 Å². The molecule has 0 atom stereocenters. The summed E-state index contributed by atoms with van der Waals surface area (Å²) < 4.78 is 27.0. The molecule has 0 aliphatic carbocycles. The van der Waals surface area contributed by atoms with E-state index in [1.807, 2.05) is 19.1 Å². The van der Waals surface area contributed by atoms with E-state index in [2.05, 4.69) is 33.0 Å². The number of hydrogen-bond donors (Lipinski definition) is 1. The molecule has 0 radical (unpaired) electrons. The first-order valence-corrected chi connectivity index (χ1v) is 10.9. The van der Waals surface area contributed by atoms with E-state index in [1.54, 1.807) is 12.1 Å². The number of carbonyl (C=O) groups excluding carboxylic acids is 1. The van der Waals surface area contributed by atoms with Crippen LogP contribution in [0.4, 0.5) is 0 Å². The van der Waals surface area contributed by atoms with E-state index in [0.717, 1.165) is 5.56 Å². The van der Waals surface area contributed by atoms with E-state index in [4.69, 9.17) is 0 Å². The number of rotatable bonds is 6. The van der Waals surface area contributed by atoms with Gasteiger partial charge in [-0.25, -0.2) is 8.42 Å². The third-order valence-corrected chi connectivity index (χ3v) is 7.14. The zero-order valence-corrected chi connectivity index (χ0v) is 17.3. The fourth-order valence-corrected chi connectivity index (χ4v) is 5.07. The second kappa shape index (κ2) is 8.53. The summed E-state index contributed by atoms with van der Waals surface area (Å²) >= 11 is 0. The Balaban J connectivity index is 1.98. The molecule has 1 heterocycles. The molecule has 1 aliphatic rings. The Hall–Kier alpha value is -1.40. The van der Waals surface area contributed by atoms with Crippen LogP contribution in [-0.2, 0) is 14.8 Å². The fraction of sp³-hybridized carbons (Fsp3) is 0.650. The molecule has 0 aromatic heterocycles. The van der Waals surface area contributed by atoms with Crippen LogP contribution in [0.15, 0.2) is 29.2 Å². The molecule has 0 saturated carbocycles. The van der Waals surface area contributed by atoms with Crippen LogP contribution in [0.1, 0.15) is 46.1 Å². The molecule has 26 heavy (non-hydrogen) atoms. The van der Waals surface area contributed by atoms with Crippen molar-refractivity contribution in [1.82, 2.24) is 9.62 Å². The van der Waals surface area contributed by atoms with Crippen molar-refractivity contribution in [3.05, 3.63) is 29.8 Å². The van der Waals surface area contributed by atoms with Crippen molar-refractivity contribution in [2.24, 2.45) is 17.8 Å². The number of benzene rings is 1. The topological polar surface area (TPSA) is 66.5 Å². The Morgan fingerprint density at radius 2 is 1.54 bits per heavy atom. The van der Waals surface area contributed by atoms with Gasteiger partial charge in [0.05, 0.1) is 4.90 Å². The first-order chi connectivity index (χ1) is 12.1. The Kier molecular flexibility index (Phi) is 6.86. The average molecular weight is 381 g/mol. The van der Waals surface area contributed by atoms with E-state index >= 15 is 0 Å². The van der Waals surface area contributed by atoms with Gasteiger partial charge in [-0.15, -0.1) is 0 Å². The van der Waals surface area contributed by atoms with Gasteiger partial charge in [0.25, 0.3) is 0 Å². The largest absolute Gasteiger partial charge is 0.353 e. The summed E-state index contributed by atoms with van der Waals surface area (Å²) in [5, 5.41) is 3.17. The minimum atomic E-state index is -3.48. The van der Waals surface area contributed by atoms with Gasteiger partial charge in [-0.2, -0.15) is 4.31 Å². The summed E-state index contributed by atoms with van der Waals surface area (Å²) in [5.41, 5.74) is 1.03. The molecular weight excluding hydrogens is 348 g/mol. The molecule has 1 amide bonds. The van der Waals surface area contributed by atoms with Crippen LogP contribution in [-0.4, -0.2) is 37.8 Å². The van der Waals surface area contributed by atoms with Gasteiger partial charge in [0.2, 0.25) is 15.9 Å². The molecule has 1 aromatic rings. The molecule has 1 aromatic carbocycles. The molecule has 1 fully saturated rings. The highest BCUT2D eigenvalue weighted by Crippen LogP contribution is 2.25. The molecule has 146 valence electrons. The second-order valence-corrected chi connectivity index (χ2v) is 9.95. The van der Waals surface area contributed by atoms with Crippen LogP contribution < -0.4 is 5.32 Å². The van der Waals surface area contributed by atoms with E-state index in [-0.39, 0.29) is 17.9 Å². The maximum atomic E-state index is 12.8. The summed E-state index contributed by atoms with van der Waals surface area (Å²) in [6.07, 6.45) is 1.14. The van der Waals surface area contributed by atoms with Crippen molar-refractivity contribution < 1.29 is 13.2 Å². The monoisotopic (exact) mass is 380 g/mol. The Labute approximate surface area is 158 Å². The summed E-state index contributed by atoms with van der Waals surface area (Å²) in [4.78, 5) is 12.9. The fourth-order valence-electron chi connectivity index (χ4n) is 3.60. The quantitative estimate of drug-likeness (QED) is 0.824. The van der Waals surface area contributed by atoms with Crippen LogP contribution in [0.2, 0.25) is 0 Å². The average Bonchev–Trinajstić information content (AvgIpc) is 2.59. The van der Waals surface area contributed by atoms with Crippen molar-refractivity contribution in [2.45, 2.75) is 58.4 Å². The number of sulfonamides is 1. The molecule has 0 bridgehead atoms. The number of aryl methyl sites for hydroxylation is 1. The predicted octanol–water partition coefficient (Wildman–Crippen LogP) is 3.19. The van der Waals surface area contributed by atoms with Gasteiger partial charge in [0, 0.05) is 25.0 Å². The minimum absolute atomic E-state index is 0.0600. The summed E-state index contributed by atoms with van der Waals surface area (Å²) in [6, 6.07) is 7.08. The van der Waals surface area contributed by atoms with Gasteiger partial charge < -0.3 is 5.32 Å². The highest BCUT2D eigenvalue weighted by molar-refractivity contribution is 7.89. The lowest BCUT2D eigenvalue weighted by Gasteiger charge is -2.33. The van der Waals surface area contributed by atoms with Crippen LogP contribution in [0.25, 0.3) is 0 Å². The molecule has 1 aliphatic heterocycles.